The van der Waals surface area contributed by atoms with Crippen molar-refractivity contribution in [1.29, 1.82) is 0 Å². The average Bonchev–Trinajstić information content (AvgIpc) is 3.11. The fourth-order valence-electron chi connectivity index (χ4n) is 2.74. The van der Waals surface area contributed by atoms with Gasteiger partial charge in [0.05, 0.1) is 0 Å². The Morgan fingerprint density at radius 2 is 1.79 bits per heavy atom. The summed E-state index contributed by atoms with van der Waals surface area (Å²) in [6.45, 7) is 0.255. The van der Waals surface area contributed by atoms with Crippen LogP contribution >= 0.6 is 0 Å². The van der Waals surface area contributed by atoms with E-state index in [1.54, 1.807) is 30.5 Å². The second-order valence-electron chi connectivity index (χ2n) is 6.16. The van der Waals surface area contributed by atoms with Crippen LogP contribution in [-0.2, 0) is 6.54 Å². The van der Waals surface area contributed by atoms with Gasteiger partial charge < -0.3 is 15.0 Å². The molecule has 2 aromatic carbocycles. The molecule has 0 atom stereocenters. The van der Waals surface area contributed by atoms with Crippen LogP contribution in [-0.4, -0.2) is 15.9 Å². The number of pyridine rings is 1. The van der Waals surface area contributed by atoms with Crippen molar-refractivity contribution in [1.82, 2.24) is 15.3 Å². The number of fused-ring (bicyclic) bond motifs is 1. The van der Waals surface area contributed by atoms with Gasteiger partial charge in [-0.15, -0.1) is 0 Å². The van der Waals surface area contributed by atoms with Crippen LogP contribution in [0.25, 0.3) is 10.9 Å². The molecular formula is C21H15F2N3O2. The van der Waals surface area contributed by atoms with Gasteiger partial charge in [0.2, 0.25) is 5.88 Å². The topological polar surface area (TPSA) is 67.0 Å². The number of carbonyl (C=O) groups is 1. The molecule has 0 fully saturated rings. The number of hydrogen-bond donors (Lipinski definition) is 2. The third-order valence-corrected chi connectivity index (χ3v) is 4.12. The van der Waals surface area contributed by atoms with E-state index < -0.39 is 0 Å². The Morgan fingerprint density at radius 1 is 1.00 bits per heavy atom. The fraction of sp³-hybridized carbons (Fsp3) is 0.0476. The standard InChI is InChI=1S/C21H15F2N3O2/c22-15-1-4-17(5-2-15)28-20-9-13(7-8-24-20)12-25-21(27)19-11-14-10-16(23)3-6-18(14)26-19/h1-11,26H,12H2,(H,25,27). The summed E-state index contributed by atoms with van der Waals surface area (Å²) in [6.07, 6.45) is 1.56. The highest BCUT2D eigenvalue weighted by molar-refractivity contribution is 5.97. The SMILES string of the molecule is O=C(NCc1ccnc(Oc2ccc(F)cc2)c1)c1cc2cc(F)ccc2[nH]1. The van der Waals surface area contributed by atoms with Crippen LogP contribution in [0.3, 0.4) is 0 Å². The molecule has 0 aliphatic carbocycles. The summed E-state index contributed by atoms with van der Waals surface area (Å²) in [5.41, 5.74) is 1.81. The Kier molecular flexibility index (Phi) is 4.72. The van der Waals surface area contributed by atoms with Gasteiger partial charge >= 0.3 is 0 Å². The van der Waals surface area contributed by atoms with Crippen LogP contribution in [0.1, 0.15) is 16.1 Å². The van der Waals surface area contributed by atoms with Crippen molar-refractivity contribution >= 4 is 16.8 Å². The number of rotatable bonds is 5. The first-order chi connectivity index (χ1) is 13.6. The number of amides is 1. The Balaban J connectivity index is 1.42. The molecule has 0 radical (unpaired) electrons. The minimum Gasteiger partial charge on any atom is -0.439 e. The molecule has 2 heterocycles. The summed E-state index contributed by atoms with van der Waals surface area (Å²) < 4.78 is 31.8. The molecule has 28 heavy (non-hydrogen) atoms. The van der Waals surface area contributed by atoms with Crippen LogP contribution in [0, 0.1) is 11.6 Å². The zero-order valence-corrected chi connectivity index (χ0v) is 14.6. The number of hydrogen-bond acceptors (Lipinski definition) is 3. The Morgan fingerprint density at radius 3 is 2.61 bits per heavy atom. The van der Waals surface area contributed by atoms with Crippen molar-refractivity contribution in [3.8, 4) is 11.6 Å². The molecule has 5 nitrogen and oxygen atoms in total. The van der Waals surface area contributed by atoms with E-state index in [0.717, 1.165) is 5.56 Å². The van der Waals surface area contributed by atoms with Crippen molar-refractivity contribution in [2.45, 2.75) is 6.54 Å². The fourth-order valence-corrected chi connectivity index (χ4v) is 2.74. The molecule has 2 aromatic heterocycles. The average molecular weight is 379 g/mol. The number of aromatic amines is 1. The van der Waals surface area contributed by atoms with E-state index in [0.29, 0.717) is 28.2 Å². The van der Waals surface area contributed by atoms with Gasteiger partial charge in [-0.1, -0.05) is 0 Å². The molecule has 0 aliphatic heterocycles. The lowest BCUT2D eigenvalue weighted by Gasteiger charge is -2.07. The molecule has 4 rings (SSSR count). The summed E-state index contributed by atoms with van der Waals surface area (Å²) in [5, 5.41) is 3.42. The molecule has 7 heteroatoms. The highest BCUT2D eigenvalue weighted by Gasteiger charge is 2.10. The molecule has 0 unspecified atom stereocenters. The van der Waals surface area contributed by atoms with Crippen molar-refractivity contribution < 1.29 is 18.3 Å². The summed E-state index contributed by atoms with van der Waals surface area (Å²) in [6, 6.07) is 14.9. The highest BCUT2D eigenvalue weighted by Crippen LogP contribution is 2.20. The van der Waals surface area contributed by atoms with Gasteiger partial charge in [-0.25, -0.2) is 13.8 Å². The number of nitrogens with one attached hydrogen (secondary N) is 2. The summed E-state index contributed by atoms with van der Waals surface area (Å²) in [5.74, 6) is -0.227. The molecule has 0 saturated carbocycles. The van der Waals surface area contributed by atoms with Crippen molar-refractivity contribution in [2.24, 2.45) is 0 Å². The number of halogens is 2. The van der Waals surface area contributed by atoms with Gasteiger partial charge in [-0.05, 0) is 60.2 Å². The molecule has 0 bridgehead atoms. The third kappa shape index (κ3) is 3.98. The van der Waals surface area contributed by atoms with E-state index in [1.807, 2.05) is 0 Å². The predicted molar refractivity (Wildman–Crippen MR) is 100 cm³/mol. The minimum absolute atomic E-state index is 0.255. The first-order valence-electron chi connectivity index (χ1n) is 8.52. The monoisotopic (exact) mass is 379 g/mol. The normalized spacial score (nSPS) is 10.8. The molecule has 140 valence electrons. The van der Waals surface area contributed by atoms with Gasteiger partial charge in [-0.3, -0.25) is 4.79 Å². The van der Waals surface area contributed by atoms with E-state index in [-0.39, 0.29) is 24.1 Å². The van der Waals surface area contributed by atoms with E-state index in [1.165, 1.54) is 36.4 Å². The number of H-pyrrole nitrogens is 1. The maximum atomic E-state index is 13.3. The number of benzene rings is 2. The van der Waals surface area contributed by atoms with Crippen LogP contribution in [0.2, 0.25) is 0 Å². The van der Waals surface area contributed by atoms with E-state index in [9.17, 15) is 13.6 Å². The summed E-state index contributed by atoms with van der Waals surface area (Å²) in [7, 11) is 0. The number of carbonyl (C=O) groups excluding carboxylic acids is 1. The van der Waals surface area contributed by atoms with E-state index >= 15 is 0 Å². The zero-order valence-electron chi connectivity index (χ0n) is 14.6. The number of ether oxygens (including phenoxy) is 1. The first kappa shape index (κ1) is 17.7. The molecular weight excluding hydrogens is 364 g/mol. The molecule has 0 aliphatic rings. The van der Waals surface area contributed by atoms with Gasteiger partial charge in [0.15, 0.2) is 0 Å². The van der Waals surface area contributed by atoms with Crippen LogP contribution < -0.4 is 10.1 Å². The molecule has 4 aromatic rings. The lowest BCUT2D eigenvalue weighted by Crippen LogP contribution is -2.23. The number of aromatic nitrogens is 2. The smallest absolute Gasteiger partial charge is 0.267 e. The summed E-state index contributed by atoms with van der Waals surface area (Å²) >= 11 is 0. The second-order valence-corrected chi connectivity index (χ2v) is 6.16. The number of nitrogens with zero attached hydrogens (tertiary/aromatic N) is 1. The maximum Gasteiger partial charge on any atom is 0.267 e. The third-order valence-electron chi connectivity index (χ3n) is 4.12. The van der Waals surface area contributed by atoms with Crippen LogP contribution in [0.15, 0.2) is 66.9 Å². The van der Waals surface area contributed by atoms with E-state index in [2.05, 4.69) is 15.3 Å². The van der Waals surface area contributed by atoms with Crippen LogP contribution in [0.4, 0.5) is 8.78 Å². The largest absolute Gasteiger partial charge is 0.439 e. The first-order valence-corrected chi connectivity index (χ1v) is 8.52. The second kappa shape index (κ2) is 7.48. The Hall–Kier alpha value is -3.74. The van der Waals surface area contributed by atoms with Crippen molar-refractivity contribution in [2.75, 3.05) is 0 Å². The van der Waals surface area contributed by atoms with Crippen molar-refractivity contribution in [3.05, 3.63) is 89.8 Å². The van der Waals surface area contributed by atoms with Gasteiger partial charge in [-0.2, -0.15) is 0 Å². The zero-order chi connectivity index (χ0) is 19.5. The van der Waals surface area contributed by atoms with Crippen molar-refractivity contribution in [3.63, 3.8) is 0 Å². The lowest BCUT2D eigenvalue weighted by molar-refractivity contribution is 0.0946. The molecule has 2 N–H and O–H groups in total. The van der Waals surface area contributed by atoms with E-state index in [4.69, 9.17) is 4.74 Å². The van der Waals surface area contributed by atoms with Gasteiger partial charge in [0.25, 0.3) is 5.91 Å². The van der Waals surface area contributed by atoms with Gasteiger partial charge in [0.1, 0.15) is 23.1 Å². The Bertz CT molecular complexity index is 1140. The Labute approximate surface area is 159 Å². The molecule has 0 spiro atoms. The quantitative estimate of drug-likeness (QED) is 0.534. The minimum atomic E-state index is -0.357. The van der Waals surface area contributed by atoms with Crippen LogP contribution in [0.5, 0.6) is 11.6 Å². The summed E-state index contributed by atoms with van der Waals surface area (Å²) in [4.78, 5) is 19.4. The predicted octanol–water partition coefficient (Wildman–Crippen LogP) is 4.56. The molecule has 1 amide bonds. The highest BCUT2D eigenvalue weighted by atomic mass is 19.1. The lowest BCUT2D eigenvalue weighted by atomic mass is 10.2. The molecule has 0 saturated heterocycles. The maximum absolute atomic E-state index is 13.3. The van der Waals surface area contributed by atoms with Gasteiger partial charge in [0, 0.05) is 29.7 Å².